The van der Waals surface area contributed by atoms with Crippen molar-refractivity contribution in [2.75, 3.05) is 11.9 Å². The summed E-state index contributed by atoms with van der Waals surface area (Å²) >= 11 is 0. The number of rotatable bonds is 8. The highest BCUT2D eigenvalue weighted by Gasteiger charge is 2.33. The second-order valence-corrected chi connectivity index (χ2v) is 7.32. The van der Waals surface area contributed by atoms with E-state index in [2.05, 4.69) is 35.8 Å². The Morgan fingerprint density at radius 3 is 2.82 bits per heavy atom. The Balaban J connectivity index is 1.41. The van der Waals surface area contributed by atoms with E-state index >= 15 is 0 Å². The third kappa shape index (κ3) is 5.00. The summed E-state index contributed by atoms with van der Waals surface area (Å²) in [5, 5.41) is 12.6. The van der Waals surface area contributed by atoms with E-state index in [0.717, 1.165) is 15.5 Å². The van der Waals surface area contributed by atoms with Gasteiger partial charge in [0.05, 0.1) is 36.7 Å². The van der Waals surface area contributed by atoms with Crippen molar-refractivity contribution >= 4 is 22.6 Å². The van der Waals surface area contributed by atoms with Crippen LogP contribution in [-0.2, 0) is 23.8 Å². The molecule has 0 saturated carbocycles. The number of aryl methyl sites for hydroxylation is 1. The predicted octanol–water partition coefficient (Wildman–Crippen LogP) is 1.74. The minimum atomic E-state index is -3.31. The maximum Gasteiger partial charge on any atom is 0.306 e. The fraction of sp³-hybridized carbons (Fsp3) is 0.238. The number of alkyl halides is 2. The quantitative estimate of drug-likeness (QED) is 0.370. The molecule has 1 amide bonds. The van der Waals surface area contributed by atoms with Gasteiger partial charge in [-0.25, -0.2) is 4.98 Å². The number of nitrogens with one attached hydrogen (secondary N) is 3. The Bertz CT molecular complexity index is 1340. The van der Waals surface area contributed by atoms with E-state index in [0.29, 0.717) is 11.4 Å². The summed E-state index contributed by atoms with van der Waals surface area (Å²) in [6, 6.07) is 5.97. The van der Waals surface area contributed by atoms with Gasteiger partial charge in [-0.1, -0.05) is 6.07 Å². The Labute approximate surface area is 186 Å². The third-order valence-corrected chi connectivity index (χ3v) is 4.92. The average Bonchev–Trinajstić information content (AvgIpc) is 3.28. The Morgan fingerprint density at radius 1 is 1.18 bits per heavy atom. The van der Waals surface area contributed by atoms with Crippen molar-refractivity contribution in [2.24, 2.45) is 0 Å². The van der Waals surface area contributed by atoms with Gasteiger partial charge in [0.25, 0.3) is 5.56 Å². The van der Waals surface area contributed by atoms with Crippen molar-refractivity contribution < 1.29 is 13.6 Å². The topological polar surface area (TPSA) is 130 Å². The van der Waals surface area contributed by atoms with Gasteiger partial charge in [-0.3, -0.25) is 29.2 Å². The van der Waals surface area contributed by atoms with E-state index in [9.17, 15) is 18.4 Å². The first-order chi connectivity index (χ1) is 15.8. The summed E-state index contributed by atoms with van der Waals surface area (Å²) in [6.07, 6.45) is 5.86. The number of aromatic amines is 1. The molecule has 4 aromatic rings. The fourth-order valence-electron chi connectivity index (χ4n) is 3.13. The molecule has 4 rings (SSSR count). The van der Waals surface area contributed by atoms with Crippen LogP contribution in [0.3, 0.4) is 0 Å². The molecular weight excluding hydrogens is 434 g/mol. The smallest absolute Gasteiger partial charge is 0.306 e. The van der Waals surface area contributed by atoms with Crippen molar-refractivity contribution in [3.8, 4) is 0 Å². The molecule has 12 heteroatoms. The van der Waals surface area contributed by atoms with Gasteiger partial charge >= 0.3 is 5.92 Å². The number of nitrogens with zero attached hydrogens (tertiary/aromatic N) is 5. The van der Waals surface area contributed by atoms with Gasteiger partial charge in [-0.05, 0) is 25.1 Å². The summed E-state index contributed by atoms with van der Waals surface area (Å²) < 4.78 is 29.9. The number of carbonyl (C=O) groups is 1. The van der Waals surface area contributed by atoms with Crippen LogP contribution in [0.25, 0.3) is 10.9 Å². The van der Waals surface area contributed by atoms with Gasteiger partial charge < -0.3 is 10.6 Å². The van der Waals surface area contributed by atoms with Gasteiger partial charge in [0.15, 0.2) is 5.82 Å². The van der Waals surface area contributed by atoms with E-state index in [4.69, 9.17) is 0 Å². The van der Waals surface area contributed by atoms with Crippen LogP contribution >= 0.6 is 0 Å². The van der Waals surface area contributed by atoms with Crippen molar-refractivity contribution in [3.63, 3.8) is 0 Å². The minimum absolute atomic E-state index is 0.153. The lowest BCUT2D eigenvalue weighted by Gasteiger charge is -2.17. The van der Waals surface area contributed by atoms with E-state index in [1.54, 1.807) is 25.4 Å². The van der Waals surface area contributed by atoms with Gasteiger partial charge in [-0.15, -0.1) is 0 Å². The van der Waals surface area contributed by atoms with Gasteiger partial charge in [-0.2, -0.15) is 13.9 Å². The van der Waals surface area contributed by atoms with Crippen molar-refractivity contribution in [2.45, 2.75) is 25.9 Å². The summed E-state index contributed by atoms with van der Waals surface area (Å²) in [5.74, 6) is -4.03. The lowest BCUT2D eigenvalue weighted by molar-refractivity contribution is -0.121. The standard InChI is InChI=1S/C21H20F2N8O2/c1-13-7-27-19(28-12-21(22,23)17-4-2-3-5-24-17)20(33)31(13)11-18(32)26-9-15-6-14-8-29-30-16(14)10-25-15/h2-8,10H,9,11-12H2,1H3,(H,26,32)(H,27,28)(H,29,30). The molecule has 0 fully saturated rings. The molecule has 0 aliphatic rings. The number of carbonyl (C=O) groups excluding carboxylic acids is 1. The summed E-state index contributed by atoms with van der Waals surface area (Å²) in [5.41, 5.74) is 0.703. The molecule has 0 bridgehead atoms. The lowest BCUT2D eigenvalue weighted by Crippen LogP contribution is -2.36. The molecule has 0 spiro atoms. The largest absolute Gasteiger partial charge is 0.359 e. The number of aromatic nitrogens is 6. The van der Waals surface area contributed by atoms with Gasteiger partial charge in [0, 0.05) is 23.5 Å². The van der Waals surface area contributed by atoms with Crippen molar-refractivity contribution in [1.29, 1.82) is 0 Å². The molecule has 0 atom stereocenters. The molecule has 0 aromatic carbocycles. The van der Waals surface area contributed by atoms with Crippen LogP contribution in [0.15, 0.2) is 53.8 Å². The molecule has 3 N–H and O–H groups in total. The molecule has 4 heterocycles. The zero-order valence-corrected chi connectivity index (χ0v) is 17.5. The van der Waals surface area contributed by atoms with E-state index in [-0.39, 0.29) is 18.9 Å². The summed E-state index contributed by atoms with van der Waals surface area (Å²) in [4.78, 5) is 37.0. The number of H-pyrrole nitrogens is 1. The Hall–Kier alpha value is -4.22. The number of anilines is 1. The van der Waals surface area contributed by atoms with Gasteiger partial charge in [0.1, 0.15) is 12.2 Å². The second-order valence-electron chi connectivity index (χ2n) is 7.32. The molecule has 0 unspecified atom stereocenters. The number of fused-ring (bicyclic) bond motifs is 1. The van der Waals surface area contributed by atoms with Crippen LogP contribution in [0.1, 0.15) is 17.1 Å². The lowest BCUT2D eigenvalue weighted by atomic mass is 10.2. The number of amides is 1. The molecule has 0 aliphatic heterocycles. The number of hydrogen-bond donors (Lipinski definition) is 3. The first-order valence-electron chi connectivity index (χ1n) is 9.98. The molecule has 0 saturated heterocycles. The highest BCUT2D eigenvalue weighted by molar-refractivity contribution is 5.78. The van der Waals surface area contributed by atoms with Crippen molar-refractivity contribution in [1.82, 2.24) is 35.0 Å². The van der Waals surface area contributed by atoms with Crippen LogP contribution in [0.5, 0.6) is 0 Å². The maximum atomic E-state index is 14.4. The van der Waals surface area contributed by atoms with Gasteiger partial charge in [0.2, 0.25) is 5.91 Å². The highest BCUT2D eigenvalue weighted by Crippen LogP contribution is 2.25. The molecule has 33 heavy (non-hydrogen) atoms. The molecule has 4 aromatic heterocycles. The highest BCUT2D eigenvalue weighted by atomic mass is 19.3. The van der Waals surface area contributed by atoms with Crippen LogP contribution < -0.4 is 16.2 Å². The molecular formula is C21H20F2N8O2. The number of hydrogen-bond acceptors (Lipinski definition) is 7. The zero-order valence-electron chi connectivity index (χ0n) is 17.5. The van der Waals surface area contributed by atoms with Crippen LogP contribution in [-0.4, -0.2) is 42.2 Å². The first-order valence-corrected chi connectivity index (χ1v) is 9.98. The summed E-state index contributed by atoms with van der Waals surface area (Å²) in [7, 11) is 0. The monoisotopic (exact) mass is 454 g/mol. The molecule has 0 radical (unpaired) electrons. The van der Waals surface area contributed by atoms with E-state index in [1.807, 2.05) is 0 Å². The molecule has 170 valence electrons. The number of pyridine rings is 2. The second kappa shape index (κ2) is 9.10. The maximum absolute atomic E-state index is 14.4. The molecule has 0 aliphatic carbocycles. The SMILES string of the molecule is Cc1cnc(NCC(F)(F)c2ccccn2)c(=O)n1CC(=O)NCc1cc2cn[nH]c2cn1. The molecule has 10 nitrogen and oxygen atoms in total. The van der Waals surface area contributed by atoms with Crippen molar-refractivity contribution in [3.05, 3.63) is 76.5 Å². The Kier molecular flexibility index (Phi) is 6.07. The minimum Gasteiger partial charge on any atom is -0.359 e. The van der Waals surface area contributed by atoms with E-state index < -0.39 is 29.6 Å². The van der Waals surface area contributed by atoms with Crippen LogP contribution in [0.2, 0.25) is 0 Å². The number of halogens is 2. The zero-order chi connectivity index (χ0) is 23.4. The summed E-state index contributed by atoms with van der Waals surface area (Å²) in [6.45, 7) is 0.582. The Morgan fingerprint density at radius 2 is 2.03 bits per heavy atom. The normalized spacial score (nSPS) is 11.5. The average molecular weight is 454 g/mol. The first kappa shape index (κ1) is 22.0. The van der Waals surface area contributed by atoms with Crippen LogP contribution in [0, 0.1) is 6.92 Å². The fourth-order valence-corrected chi connectivity index (χ4v) is 3.13. The van der Waals surface area contributed by atoms with Crippen LogP contribution in [0.4, 0.5) is 14.6 Å². The predicted molar refractivity (Wildman–Crippen MR) is 116 cm³/mol. The van der Waals surface area contributed by atoms with E-state index in [1.165, 1.54) is 30.6 Å². The third-order valence-electron chi connectivity index (χ3n) is 4.92.